The molecule has 70 heavy (non-hydrogen) atoms. The molecular weight excluding hydrogens is 867 g/mol. The lowest BCUT2D eigenvalue weighted by Gasteiger charge is -2.31. The second-order valence-corrected chi connectivity index (χ2v) is 20.3. The molecule has 1 aliphatic carbocycles. The standard InChI is InChI=1S/C66H45N3S/c1-66(2)62-23-13-12-21-56(62)59-39-52(28-29-63(59)66)69(50-26-24-42-14-6-7-15-44(42)32-50)54-34-47(33-53(38-54)68(49-18-4-3-5-19-49)51-27-25-43-30-31-67-41-48(43)35-51)58-40-61-60-36-45-16-8-9-17-46(45)37-64(60)70-65(61)57-22-11-10-20-55(57)58/h3-41H,1-2H3. The third kappa shape index (κ3) is 6.45. The van der Waals surface area contributed by atoms with Gasteiger partial charge in [-0.05, 0) is 157 Å². The first-order valence-electron chi connectivity index (χ1n) is 24.1. The number of thiophene rings is 1. The van der Waals surface area contributed by atoms with E-state index in [0.717, 1.165) is 50.5 Å². The number of para-hydroxylation sites is 1. The van der Waals surface area contributed by atoms with Gasteiger partial charge < -0.3 is 9.80 Å². The van der Waals surface area contributed by atoms with Crippen molar-refractivity contribution in [3.63, 3.8) is 0 Å². The van der Waals surface area contributed by atoms with Crippen LogP contribution >= 0.6 is 11.3 Å². The van der Waals surface area contributed by atoms with E-state index in [-0.39, 0.29) is 5.41 Å². The van der Waals surface area contributed by atoms with Crippen LogP contribution in [0.3, 0.4) is 0 Å². The zero-order chi connectivity index (χ0) is 46.5. The minimum absolute atomic E-state index is 0.116. The number of aromatic nitrogens is 1. The fourth-order valence-electron chi connectivity index (χ4n) is 11.4. The number of anilines is 6. The molecule has 330 valence electrons. The third-order valence-corrected chi connectivity index (χ3v) is 16.0. The van der Waals surface area contributed by atoms with Gasteiger partial charge in [-0.15, -0.1) is 11.3 Å². The fourth-order valence-corrected chi connectivity index (χ4v) is 12.6. The lowest BCUT2D eigenvalue weighted by atomic mass is 9.82. The SMILES string of the molecule is CC1(C)c2ccccc2-c2cc(N(c3cc(-c4cc5c6cc7ccccc7cc6sc5c5ccccc45)cc(N(c4ccccc4)c4ccc5ccncc5c4)c3)c3ccc4ccccc4c3)ccc21. The topological polar surface area (TPSA) is 19.4 Å². The van der Waals surface area contributed by atoms with Gasteiger partial charge in [-0.3, -0.25) is 4.98 Å². The van der Waals surface area contributed by atoms with Crippen molar-refractivity contribution in [1.82, 2.24) is 4.98 Å². The van der Waals surface area contributed by atoms with E-state index >= 15 is 0 Å². The maximum absolute atomic E-state index is 4.55. The van der Waals surface area contributed by atoms with Gasteiger partial charge in [0.1, 0.15) is 0 Å². The van der Waals surface area contributed by atoms with Gasteiger partial charge in [0.25, 0.3) is 0 Å². The molecule has 0 spiro atoms. The van der Waals surface area contributed by atoms with Crippen molar-refractivity contribution in [3.8, 4) is 22.3 Å². The molecule has 2 heterocycles. The van der Waals surface area contributed by atoms with Gasteiger partial charge in [0.2, 0.25) is 0 Å². The van der Waals surface area contributed by atoms with Crippen molar-refractivity contribution in [2.75, 3.05) is 9.80 Å². The maximum atomic E-state index is 4.55. The van der Waals surface area contributed by atoms with Crippen LogP contribution in [0, 0.1) is 0 Å². The van der Waals surface area contributed by atoms with Crippen molar-refractivity contribution in [2.24, 2.45) is 0 Å². The molecule has 0 fully saturated rings. The highest BCUT2D eigenvalue weighted by Crippen LogP contribution is 2.52. The van der Waals surface area contributed by atoms with Gasteiger partial charge in [-0.1, -0.05) is 147 Å². The number of pyridine rings is 1. The Morgan fingerprint density at radius 1 is 0.357 bits per heavy atom. The molecule has 11 aromatic carbocycles. The van der Waals surface area contributed by atoms with Crippen LogP contribution in [-0.2, 0) is 5.41 Å². The Kier molecular flexibility index (Phi) is 9.11. The molecule has 13 aromatic rings. The summed E-state index contributed by atoms with van der Waals surface area (Å²) in [5.74, 6) is 0. The van der Waals surface area contributed by atoms with Gasteiger partial charge in [-0.2, -0.15) is 0 Å². The highest BCUT2D eigenvalue weighted by Gasteiger charge is 2.36. The van der Waals surface area contributed by atoms with Crippen LogP contribution in [-0.4, -0.2) is 4.98 Å². The molecule has 0 N–H and O–H groups in total. The molecular formula is C66H45N3S. The van der Waals surface area contributed by atoms with Gasteiger partial charge in [0.05, 0.1) is 0 Å². The number of fused-ring (bicyclic) bond motifs is 11. The van der Waals surface area contributed by atoms with Gasteiger partial charge >= 0.3 is 0 Å². The molecule has 1 aliphatic rings. The van der Waals surface area contributed by atoms with Gasteiger partial charge in [0.15, 0.2) is 0 Å². The van der Waals surface area contributed by atoms with E-state index in [0.29, 0.717) is 0 Å². The van der Waals surface area contributed by atoms with E-state index < -0.39 is 0 Å². The van der Waals surface area contributed by atoms with Crippen LogP contribution in [0.25, 0.3) is 85.5 Å². The first-order chi connectivity index (χ1) is 34.4. The van der Waals surface area contributed by atoms with Gasteiger partial charge in [0, 0.05) is 82.9 Å². The predicted octanol–water partition coefficient (Wildman–Crippen LogP) is 19.0. The van der Waals surface area contributed by atoms with E-state index in [1.165, 1.54) is 80.3 Å². The molecule has 2 aromatic heterocycles. The van der Waals surface area contributed by atoms with Gasteiger partial charge in [-0.25, -0.2) is 0 Å². The number of rotatable bonds is 7. The summed E-state index contributed by atoms with van der Waals surface area (Å²) >= 11 is 1.90. The maximum Gasteiger partial charge on any atom is 0.0488 e. The second kappa shape index (κ2) is 15.7. The Hall–Kier alpha value is -8.57. The lowest BCUT2D eigenvalue weighted by Crippen LogP contribution is -2.16. The Balaban J connectivity index is 1.08. The first kappa shape index (κ1) is 40.5. The average Bonchev–Trinajstić information content (AvgIpc) is 3.88. The summed E-state index contributed by atoms with van der Waals surface area (Å²) in [5, 5.41) is 12.2. The number of hydrogen-bond donors (Lipinski definition) is 0. The lowest BCUT2D eigenvalue weighted by molar-refractivity contribution is 0.660. The average molecular weight is 912 g/mol. The highest BCUT2D eigenvalue weighted by atomic mass is 32.1. The molecule has 4 heteroatoms. The summed E-state index contributed by atoms with van der Waals surface area (Å²) in [5.41, 5.74) is 13.9. The Morgan fingerprint density at radius 3 is 1.73 bits per heavy atom. The zero-order valence-corrected chi connectivity index (χ0v) is 39.6. The second-order valence-electron chi connectivity index (χ2n) is 19.2. The van der Waals surface area contributed by atoms with Crippen molar-refractivity contribution < 1.29 is 0 Å². The van der Waals surface area contributed by atoms with Crippen molar-refractivity contribution in [3.05, 3.63) is 248 Å². The fraction of sp³-hybridized carbons (Fsp3) is 0.0455. The van der Waals surface area contributed by atoms with Crippen LogP contribution in [0.1, 0.15) is 25.0 Å². The summed E-state index contributed by atoms with van der Waals surface area (Å²) in [7, 11) is 0. The van der Waals surface area contributed by atoms with E-state index in [9.17, 15) is 0 Å². The van der Waals surface area contributed by atoms with Crippen LogP contribution in [0.5, 0.6) is 0 Å². The summed E-state index contributed by atoms with van der Waals surface area (Å²) in [4.78, 5) is 9.44. The number of hydrogen-bond acceptors (Lipinski definition) is 4. The smallest absolute Gasteiger partial charge is 0.0488 e. The minimum Gasteiger partial charge on any atom is -0.310 e. The largest absolute Gasteiger partial charge is 0.310 e. The highest BCUT2D eigenvalue weighted by molar-refractivity contribution is 7.26. The van der Waals surface area contributed by atoms with Crippen molar-refractivity contribution in [2.45, 2.75) is 19.3 Å². The number of benzene rings is 11. The molecule has 0 unspecified atom stereocenters. The van der Waals surface area contributed by atoms with Crippen LogP contribution in [0.2, 0.25) is 0 Å². The molecule has 0 aliphatic heterocycles. The van der Waals surface area contributed by atoms with E-state index in [1.54, 1.807) is 0 Å². The molecule has 0 amide bonds. The molecule has 0 radical (unpaired) electrons. The molecule has 3 nitrogen and oxygen atoms in total. The minimum atomic E-state index is -0.116. The molecule has 0 bridgehead atoms. The molecule has 0 saturated carbocycles. The first-order valence-corrected chi connectivity index (χ1v) is 24.9. The van der Waals surface area contributed by atoms with Crippen LogP contribution in [0.4, 0.5) is 34.1 Å². The molecule has 0 atom stereocenters. The van der Waals surface area contributed by atoms with E-state index in [1.807, 2.05) is 23.7 Å². The quantitative estimate of drug-likeness (QED) is 0.159. The zero-order valence-electron chi connectivity index (χ0n) is 38.8. The third-order valence-electron chi connectivity index (χ3n) is 14.8. The predicted molar refractivity (Wildman–Crippen MR) is 300 cm³/mol. The number of nitrogens with zero attached hydrogens (tertiary/aromatic N) is 3. The Morgan fingerprint density at radius 2 is 0.943 bits per heavy atom. The summed E-state index contributed by atoms with van der Waals surface area (Å²) in [6.45, 7) is 4.71. The Bertz CT molecular complexity index is 4240. The summed E-state index contributed by atoms with van der Waals surface area (Å²) < 4.78 is 2.62. The van der Waals surface area contributed by atoms with E-state index in [4.69, 9.17) is 0 Å². The van der Waals surface area contributed by atoms with Crippen LogP contribution < -0.4 is 9.80 Å². The normalized spacial score (nSPS) is 12.8. The summed E-state index contributed by atoms with van der Waals surface area (Å²) in [6, 6.07) is 83.4. The van der Waals surface area contributed by atoms with E-state index in [2.05, 4.69) is 253 Å². The van der Waals surface area contributed by atoms with Crippen LogP contribution in [0.15, 0.2) is 237 Å². The van der Waals surface area contributed by atoms with Crippen molar-refractivity contribution in [1.29, 1.82) is 0 Å². The molecule has 14 rings (SSSR count). The monoisotopic (exact) mass is 911 g/mol. The summed E-state index contributed by atoms with van der Waals surface area (Å²) in [6.07, 6.45) is 3.83. The molecule has 0 saturated heterocycles. The van der Waals surface area contributed by atoms with Crippen molar-refractivity contribution >= 4 is 109 Å². The Labute approximate surface area is 410 Å².